The molecule has 7 heteroatoms. The number of hydrogen-bond acceptors (Lipinski definition) is 5. The minimum Gasteiger partial charge on any atom is -0.334 e. The van der Waals surface area contributed by atoms with Crippen molar-refractivity contribution in [3.8, 4) is 0 Å². The van der Waals surface area contributed by atoms with E-state index >= 15 is 0 Å². The molecule has 0 spiro atoms. The number of rotatable bonds is 4. The van der Waals surface area contributed by atoms with Gasteiger partial charge in [0.2, 0.25) is 0 Å². The first kappa shape index (κ1) is 16.0. The number of nitrogens with one attached hydrogen (secondary N) is 1. The van der Waals surface area contributed by atoms with Crippen LogP contribution >= 0.6 is 0 Å². The molecule has 4 rings (SSSR count). The van der Waals surface area contributed by atoms with Gasteiger partial charge in [0, 0.05) is 25.7 Å². The normalized spacial score (nSPS) is 26.3. The van der Waals surface area contributed by atoms with Crippen LogP contribution in [0.25, 0.3) is 0 Å². The number of aromatic nitrogens is 3. The van der Waals surface area contributed by atoms with Crippen molar-refractivity contribution in [2.75, 3.05) is 39.3 Å². The zero-order valence-electron chi connectivity index (χ0n) is 14.4. The lowest BCUT2D eigenvalue weighted by molar-refractivity contribution is 0.0199. The maximum atomic E-state index is 12.5. The predicted molar refractivity (Wildman–Crippen MR) is 90.7 cm³/mol. The van der Waals surface area contributed by atoms with Gasteiger partial charge in [0.1, 0.15) is 0 Å². The molecule has 0 aromatic carbocycles. The zero-order valence-corrected chi connectivity index (χ0v) is 14.4. The lowest BCUT2D eigenvalue weighted by atomic mass is 10.00. The van der Waals surface area contributed by atoms with E-state index in [1.54, 1.807) is 0 Å². The molecule has 3 aliphatic rings. The van der Waals surface area contributed by atoms with E-state index in [4.69, 9.17) is 0 Å². The number of piperidine rings is 2. The first-order chi connectivity index (χ1) is 11.8. The predicted octanol–water partition coefficient (Wildman–Crippen LogP) is 0.588. The summed E-state index contributed by atoms with van der Waals surface area (Å²) in [4.78, 5) is 17.0. The second kappa shape index (κ2) is 7.19. The van der Waals surface area contributed by atoms with Gasteiger partial charge in [0.15, 0.2) is 5.69 Å². The molecule has 3 fully saturated rings. The monoisotopic (exact) mass is 332 g/mol. The fourth-order valence-electron chi connectivity index (χ4n) is 4.13. The average Bonchev–Trinajstić information content (AvgIpc) is 3.04. The smallest absolute Gasteiger partial charge is 0.276 e. The molecule has 1 unspecified atom stereocenters. The third-order valence-corrected chi connectivity index (χ3v) is 5.66. The molecule has 1 aromatic heterocycles. The highest BCUT2D eigenvalue weighted by Gasteiger charge is 2.36. The number of nitrogens with zero attached hydrogens (tertiary/aromatic N) is 5. The highest BCUT2D eigenvalue weighted by molar-refractivity contribution is 5.92. The lowest BCUT2D eigenvalue weighted by Crippen LogP contribution is -2.61. The van der Waals surface area contributed by atoms with Gasteiger partial charge >= 0.3 is 0 Å². The first-order valence-corrected chi connectivity index (χ1v) is 9.44. The SMILES string of the molecule is O=C(c1cn(CC2CCCNC2)nn1)N1CC(N2CCCCC2)C1. The van der Waals surface area contributed by atoms with E-state index in [1.165, 1.54) is 45.2 Å². The maximum Gasteiger partial charge on any atom is 0.276 e. The van der Waals surface area contributed by atoms with Gasteiger partial charge in [-0.05, 0) is 57.8 Å². The van der Waals surface area contributed by atoms with Crippen LogP contribution in [-0.4, -0.2) is 76.0 Å². The van der Waals surface area contributed by atoms with Crippen LogP contribution in [-0.2, 0) is 6.54 Å². The van der Waals surface area contributed by atoms with Crippen LogP contribution in [0.3, 0.4) is 0 Å². The summed E-state index contributed by atoms with van der Waals surface area (Å²) in [5.41, 5.74) is 0.496. The number of carbonyl (C=O) groups is 1. The van der Waals surface area contributed by atoms with Crippen molar-refractivity contribution in [1.29, 1.82) is 0 Å². The molecule has 3 aliphatic heterocycles. The topological polar surface area (TPSA) is 66.3 Å². The van der Waals surface area contributed by atoms with E-state index in [0.29, 0.717) is 17.7 Å². The van der Waals surface area contributed by atoms with Crippen LogP contribution in [0.2, 0.25) is 0 Å². The number of likely N-dealkylation sites (tertiary alicyclic amines) is 2. The van der Waals surface area contributed by atoms with Gasteiger partial charge < -0.3 is 10.2 Å². The minimum atomic E-state index is 0.0382. The van der Waals surface area contributed by atoms with Gasteiger partial charge in [-0.1, -0.05) is 11.6 Å². The van der Waals surface area contributed by atoms with Crippen molar-refractivity contribution in [3.63, 3.8) is 0 Å². The number of amides is 1. The average molecular weight is 332 g/mol. The van der Waals surface area contributed by atoms with Gasteiger partial charge in [-0.15, -0.1) is 5.10 Å². The standard InChI is InChI=1S/C17H28N6O/c24-17(22-11-15(12-22)21-7-2-1-3-8-21)16-13-23(20-19-16)10-14-5-4-6-18-9-14/h13-15,18H,1-12H2. The van der Waals surface area contributed by atoms with Gasteiger partial charge in [-0.25, -0.2) is 0 Å². The summed E-state index contributed by atoms with van der Waals surface area (Å²) < 4.78 is 1.84. The van der Waals surface area contributed by atoms with Crippen molar-refractivity contribution >= 4 is 5.91 Å². The third kappa shape index (κ3) is 3.47. The molecule has 132 valence electrons. The Kier molecular flexibility index (Phi) is 4.80. The summed E-state index contributed by atoms with van der Waals surface area (Å²) >= 11 is 0. The number of carbonyl (C=O) groups excluding carboxylic acids is 1. The summed E-state index contributed by atoms with van der Waals surface area (Å²) in [5.74, 6) is 0.632. The van der Waals surface area contributed by atoms with Crippen LogP contribution < -0.4 is 5.32 Å². The van der Waals surface area contributed by atoms with E-state index in [9.17, 15) is 4.79 Å². The summed E-state index contributed by atoms with van der Waals surface area (Å²) in [7, 11) is 0. The molecule has 24 heavy (non-hydrogen) atoms. The van der Waals surface area contributed by atoms with E-state index < -0.39 is 0 Å². The van der Waals surface area contributed by atoms with Crippen LogP contribution in [0.4, 0.5) is 0 Å². The summed E-state index contributed by atoms with van der Waals surface area (Å²) in [6, 6.07) is 0.553. The van der Waals surface area contributed by atoms with Gasteiger partial charge in [0.05, 0.1) is 6.20 Å². The molecule has 1 atom stereocenters. The fraction of sp³-hybridized carbons (Fsp3) is 0.824. The second-order valence-electron chi connectivity index (χ2n) is 7.50. The van der Waals surface area contributed by atoms with E-state index in [1.807, 2.05) is 15.8 Å². The maximum absolute atomic E-state index is 12.5. The molecule has 1 aromatic rings. The molecule has 0 aliphatic carbocycles. The summed E-state index contributed by atoms with van der Waals surface area (Å²) in [6.45, 7) is 7.08. The molecule has 3 saturated heterocycles. The van der Waals surface area contributed by atoms with Gasteiger partial charge in [-0.2, -0.15) is 0 Å². The Hall–Kier alpha value is -1.47. The Bertz CT molecular complexity index is 555. The van der Waals surface area contributed by atoms with Crippen LogP contribution in [0.1, 0.15) is 42.6 Å². The largest absolute Gasteiger partial charge is 0.334 e. The molecule has 0 radical (unpaired) electrons. The Morgan fingerprint density at radius 2 is 2.04 bits per heavy atom. The van der Waals surface area contributed by atoms with E-state index in [-0.39, 0.29) is 5.91 Å². The van der Waals surface area contributed by atoms with Crippen LogP contribution in [0, 0.1) is 5.92 Å². The van der Waals surface area contributed by atoms with Crippen molar-refractivity contribution < 1.29 is 4.79 Å². The molecule has 7 nitrogen and oxygen atoms in total. The third-order valence-electron chi connectivity index (χ3n) is 5.66. The molecular weight excluding hydrogens is 304 g/mol. The Morgan fingerprint density at radius 1 is 1.21 bits per heavy atom. The Labute approximate surface area is 143 Å². The van der Waals surface area contributed by atoms with Gasteiger partial charge in [0.25, 0.3) is 5.91 Å². The van der Waals surface area contributed by atoms with Crippen LogP contribution in [0.15, 0.2) is 6.20 Å². The molecule has 1 amide bonds. The van der Waals surface area contributed by atoms with Crippen molar-refractivity contribution in [1.82, 2.24) is 30.1 Å². The molecule has 1 N–H and O–H groups in total. The Morgan fingerprint density at radius 3 is 2.79 bits per heavy atom. The van der Waals surface area contributed by atoms with E-state index in [2.05, 4.69) is 20.5 Å². The zero-order chi connectivity index (χ0) is 16.4. The highest BCUT2D eigenvalue weighted by Crippen LogP contribution is 2.21. The quantitative estimate of drug-likeness (QED) is 0.874. The Balaban J connectivity index is 1.28. The summed E-state index contributed by atoms with van der Waals surface area (Å²) in [6.07, 6.45) is 8.22. The van der Waals surface area contributed by atoms with Crippen molar-refractivity contribution in [3.05, 3.63) is 11.9 Å². The molecular formula is C17H28N6O. The summed E-state index contributed by atoms with van der Waals surface area (Å²) in [5, 5.41) is 11.7. The molecule has 4 heterocycles. The van der Waals surface area contributed by atoms with Gasteiger partial charge in [-0.3, -0.25) is 14.4 Å². The molecule has 0 bridgehead atoms. The highest BCUT2D eigenvalue weighted by atomic mass is 16.2. The van der Waals surface area contributed by atoms with Crippen LogP contribution in [0.5, 0.6) is 0 Å². The fourth-order valence-corrected chi connectivity index (χ4v) is 4.13. The minimum absolute atomic E-state index is 0.0382. The first-order valence-electron chi connectivity index (χ1n) is 9.44. The van der Waals surface area contributed by atoms with Crippen molar-refractivity contribution in [2.24, 2.45) is 5.92 Å². The molecule has 0 saturated carbocycles. The number of hydrogen-bond donors (Lipinski definition) is 1. The van der Waals surface area contributed by atoms with Crippen molar-refractivity contribution in [2.45, 2.75) is 44.7 Å². The van der Waals surface area contributed by atoms with E-state index in [0.717, 1.165) is 32.7 Å². The lowest BCUT2D eigenvalue weighted by Gasteiger charge is -2.46. The second-order valence-corrected chi connectivity index (χ2v) is 7.50.